The van der Waals surface area contributed by atoms with Crippen molar-refractivity contribution in [3.8, 4) is 5.75 Å². The monoisotopic (exact) mass is 312 g/mol. The Labute approximate surface area is 125 Å². The average Bonchev–Trinajstić information content (AvgIpc) is 2.52. The van der Waals surface area contributed by atoms with E-state index in [0.29, 0.717) is 11.3 Å². The molecule has 0 aliphatic heterocycles. The van der Waals surface area contributed by atoms with Gasteiger partial charge in [-0.3, -0.25) is 0 Å². The summed E-state index contributed by atoms with van der Waals surface area (Å²) in [6.07, 6.45) is -7.77. The Morgan fingerprint density at radius 3 is 2.05 bits per heavy atom. The number of aliphatic hydroxyl groups is 2. The first-order chi connectivity index (χ1) is 10.3. The first kappa shape index (κ1) is 16.3. The molecule has 2 atom stereocenters. The van der Waals surface area contributed by atoms with Gasteiger partial charge in [0.05, 0.1) is 12.7 Å². The van der Waals surface area contributed by atoms with Gasteiger partial charge in [-0.05, 0) is 29.3 Å². The van der Waals surface area contributed by atoms with Gasteiger partial charge < -0.3 is 14.9 Å². The Bertz CT molecular complexity index is 623. The van der Waals surface area contributed by atoms with Crippen LogP contribution < -0.4 is 4.74 Å². The molecule has 2 N–H and O–H groups in total. The van der Waals surface area contributed by atoms with Crippen molar-refractivity contribution in [2.75, 3.05) is 7.11 Å². The van der Waals surface area contributed by atoms with Crippen LogP contribution in [0.25, 0.3) is 0 Å². The summed E-state index contributed by atoms with van der Waals surface area (Å²) in [7, 11) is 1.47. The Hall–Kier alpha value is -2.05. The van der Waals surface area contributed by atoms with Crippen molar-refractivity contribution < 1.29 is 28.1 Å². The minimum Gasteiger partial charge on any atom is -0.497 e. The lowest BCUT2D eigenvalue weighted by molar-refractivity contribution is -0.140. The molecule has 2 aromatic rings. The van der Waals surface area contributed by atoms with Gasteiger partial charge in [-0.25, -0.2) is 0 Å². The zero-order valence-electron chi connectivity index (χ0n) is 11.7. The van der Waals surface area contributed by atoms with Crippen molar-refractivity contribution in [3.05, 3.63) is 65.2 Å². The van der Waals surface area contributed by atoms with E-state index < -0.39 is 23.9 Å². The van der Waals surface area contributed by atoms with Crippen LogP contribution in [0.5, 0.6) is 5.75 Å². The smallest absolute Gasteiger partial charge is 0.416 e. The topological polar surface area (TPSA) is 49.7 Å². The minimum atomic E-state index is -4.60. The number of benzene rings is 2. The summed E-state index contributed by atoms with van der Waals surface area (Å²) in [6, 6.07) is 10.7. The molecule has 2 unspecified atom stereocenters. The fraction of sp³-hybridized carbons (Fsp3) is 0.250. The molecule has 0 saturated heterocycles. The molecule has 0 amide bonds. The molecule has 3 nitrogen and oxygen atoms in total. The first-order valence-corrected chi connectivity index (χ1v) is 6.51. The Morgan fingerprint density at radius 1 is 0.909 bits per heavy atom. The van der Waals surface area contributed by atoms with E-state index in [1.54, 1.807) is 12.1 Å². The minimum absolute atomic E-state index is 0.297. The van der Waals surface area contributed by atoms with Crippen molar-refractivity contribution >= 4 is 0 Å². The lowest BCUT2D eigenvalue weighted by Gasteiger charge is -2.22. The summed E-state index contributed by atoms with van der Waals surface area (Å²) in [5.41, 5.74) is -1.03. The lowest BCUT2D eigenvalue weighted by atomic mass is 9.94. The number of hydrogen-bond donors (Lipinski definition) is 2. The Balaban J connectivity index is 2.32. The van der Waals surface area contributed by atoms with E-state index >= 15 is 0 Å². The van der Waals surface area contributed by atoms with Gasteiger partial charge in [-0.2, -0.15) is 13.2 Å². The molecular formula is C16H15F3O3. The van der Waals surface area contributed by atoms with E-state index in [4.69, 9.17) is 4.74 Å². The van der Waals surface area contributed by atoms with E-state index in [0.717, 1.165) is 12.1 Å². The second-order valence-corrected chi connectivity index (χ2v) is 4.75. The average molecular weight is 312 g/mol. The predicted octanol–water partition coefficient (Wildman–Crippen LogP) is 3.48. The molecule has 2 aromatic carbocycles. The van der Waals surface area contributed by atoms with Crippen LogP contribution in [0.3, 0.4) is 0 Å². The molecule has 0 heterocycles. The van der Waals surface area contributed by atoms with Gasteiger partial charge in [0.25, 0.3) is 0 Å². The van der Waals surface area contributed by atoms with E-state index in [-0.39, 0.29) is 5.56 Å². The number of rotatable bonds is 4. The molecule has 0 fully saturated rings. The maximum Gasteiger partial charge on any atom is 0.416 e. The van der Waals surface area contributed by atoms with Gasteiger partial charge in [0, 0.05) is 0 Å². The van der Waals surface area contributed by atoms with Gasteiger partial charge in [0.2, 0.25) is 0 Å². The number of alkyl halides is 3. The fourth-order valence-corrected chi connectivity index (χ4v) is 2.17. The van der Waals surface area contributed by atoms with Crippen LogP contribution >= 0.6 is 0 Å². The normalized spacial score (nSPS) is 14.5. The van der Waals surface area contributed by atoms with Crippen LogP contribution in [0.15, 0.2) is 48.5 Å². The zero-order valence-corrected chi connectivity index (χ0v) is 11.7. The fourth-order valence-electron chi connectivity index (χ4n) is 2.17. The van der Waals surface area contributed by atoms with Crippen molar-refractivity contribution in [2.24, 2.45) is 0 Å². The van der Waals surface area contributed by atoms with Crippen molar-refractivity contribution in [1.29, 1.82) is 0 Å². The van der Waals surface area contributed by atoms with E-state index in [9.17, 15) is 23.4 Å². The summed E-state index contributed by atoms with van der Waals surface area (Å²) in [6.45, 7) is 0. The first-order valence-electron chi connectivity index (χ1n) is 6.51. The standard InChI is InChI=1S/C16H15F3O3/c1-22-11-8-6-10(7-9-11)14(20)15(21)12-4-2-3-5-13(12)16(17,18)19/h2-9,14-15,20-21H,1H3. The molecule has 118 valence electrons. The second kappa shape index (κ2) is 6.37. The molecule has 0 spiro atoms. The van der Waals surface area contributed by atoms with Crippen molar-refractivity contribution in [2.45, 2.75) is 18.4 Å². The molecule has 0 aliphatic rings. The van der Waals surface area contributed by atoms with Gasteiger partial charge in [-0.15, -0.1) is 0 Å². The third-order valence-corrected chi connectivity index (χ3v) is 3.34. The highest BCUT2D eigenvalue weighted by molar-refractivity contribution is 5.35. The largest absolute Gasteiger partial charge is 0.497 e. The molecule has 0 aliphatic carbocycles. The van der Waals surface area contributed by atoms with Crippen LogP contribution in [0, 0.1) is 0 Å². The van der Waals surface area contributed by atoms with E-state index in [2.05, 4.69) is 0 Å². The summed E-state index contributed by atoms with van der Waals surface area (Å²) >= 11 is 0. The number of halogens is 3. The molecule has 2 rings (SSSR count). The number of ether oxygens (including phenoxy) is 1. The van der Waals surface area contributed by atoms with E-state index in [1.807, 2.05) is 0 Å². The molecule has 0 radical (unpaired) electrons. The molecular weight excluding hydrogens is 297 g/mol. The number of methoxy groups -OCH3 is 1. The maximum atomic E-state index is 13.0. The van der Waals surface area contributed by atoms with Gasteiger partial charge in [0.15, 0.2) is 0 Å². The van der Waals surface area contributed by atoms with Gasteiger partial charge in [0.1, 0.15) is 18.0 Å². The third kappa shape index (κ3) is 3.40. The highest BCUT2D eigenvalue weighted by Gasteiger charge is 2.36. The Morgan fingerprint density at radius 2 is 1.50 bits per heavy atom. The highest BCUT2D eigenvalue weighted by atomic mass is 19.4. The predicted molar refractivity (Wildman–Crippen MR) is 74.4 cm³/mol. The van der Waals surface area contributed by atoms with Crippen LogP contribution in [-0.2, 0) is 6.18 Å². The molecule has 0 bridgehead atoms. The van der Waals surface area contributed by atoms with Gasteiger partial charge in [-0.1, -0.05) is 30.3 Å². The highest BCUT2D eigenvalue weighted by Crippen LogP contribution is 2.38. The quantitative estimate of drug-likeness (QED) is 0.909. The van der Waals surface area contributed by atoms with Crippen LogP contribution in [-0.4, -0.2) is 17.3 Å². The van der Waals surface area contributed by atoms with Crippen molar-refractivity contribution in [1.82, 2.24) is 0 Å². The summed E-state index contributed by atoms with van der Waals surface area (Å²) in [4.78, 5) is 0. The summed E-state index contributed by atoms with van der Waals surface area (Å²) in [5.74, 6) is 0.543. The zero-order chi connectivity index (χ0) is 16.3. The molecule has 6 heteroatoms. The molecule has 0 saturated carbocycles. The molecule has 22 heavy (non-hydrogen) atoms. The van der Waals surface area contributed by atoms with Crippen molar-refractivity contribution in [3.63, 3.8) is 0 Å². The summed E-state index contributed by atoms with van der Waals surface area (Å²) < 4.78 is 43.9. The number of hydrogen-bond acceptors (Lipinski definition) is 3. The van der Waals surface area contributed by atoms with Gasteiger partial charge >= 0.3 is 6.18 Å². The molecule has 0 aromatic heterocycles. The van der Waals surface area contributed by atoms with Crippen LogP contribution in [0.2, 0.25) is 0 Å². The SMILES string of the molecule is COc1ccc(C(O)C(O)c2ccccc2C(F)(F)F)cc1. The summed E-state index contributed by atoms with van der Waals surface area (Å²) in [5, 5.41) is 20.3. The number of aliphatic hydroxyl groups excluding tert-OH is 2. The Kier molecular flexibility index (Phi) is 4.73. The maximum absolute atomic E-state index is 13.0. The van der Waals surface area contributed by atoms with Crippen LogP contribution in [0.1, 0.15) is 28.9 Å². The lowest BCUT2D eigenvalue weighted by Crippen LogP contribution is -2.16. The van der Waals surface area contributed by atoms with E-state index in [1.165, 1.54) is 31.4 Å². The third-order valence-electron chi connectivity index (χ3n) is 3.34. The van der Waals surface area contributed by atoms with Crippen LogP contribution in [0.4, 0.5) is 13.2 Å². The second-order valence-electron chi connectivity index (χ2n) is 4.75.